The standard InChI is InChI=1S/C23H27NO5/c1-14(2)12-28-15(3)21(22(25)26)24-23(27)29-13-20-18-10-6-4-8-16(18)17-9-5-7-11-19(17)20/h4-11,14-15,20-21H,12-13H2,1-3H3,(H,24,27)(H,25,26)/t15-,21+/m1/s1. The Morgan fingerprint density at radius 3 is 2.07 bits per heavy atom. The summed E-state index contributed by atoms with van der Waals surface area (Å²) in [4.78, 5) is 23.9. The van der Waals surface area contributed by atoms with Crippen LogP contribution in [0.2, 0.25) is 0 Å². The van der Waals surface area contributed by atoms with Crippen LogP contribution in [-0.2, 0) is 14.3 Å². The minimum atomic E-state index is -1.18. The molecule has 0 spiro atoms. The second-order valence-corrected chi connectivity index (χ2v) is 7.72. The first-order valence-corrected chi connectivity index (χ1v) is 9.84. The normalized spacial score (nSPS) is 14.8. The molecule has 1 aliphatic rings. The smallest absolute Gasteiger partial charge is 0.407 e. The lowest BCUT2D eigenvalue weighted by Crippen LogP contribution is -2.49. The van der Waals surface area contributed by atoms with Gasteiger partial charge in [0.1, 0.15) is 6.61 Å². The van der Waals surface area contributed by atoms with E-state index in [1.54, 1.807) is 6.92 Å². The molecule has 1 aliphatic carbocycles. The molecule has 154 valence electrons. The van der Waals surface area contributed by atoms with Crippen LogP contribution in [0.5, 0.6) is 0 Å². The molecule has 0 aliphatic heterocycles. The number of hydrogen-bond acceptors (Lipinski definition) is 4. The highest BCUT2D eigenvalue weighted by Gasteiger charge is 2.31. The Morgan fingerprint density at radius 1 is 1.00 bits per heavy atom. The molecule has 0 aromatic heterocycles. The zero-order valence-corrected chi connectivity index (χ0v) is 16.9. The van der Waals surface area contributed by atoms with Crippen molar-refractivity contribution in [3.05, 3.63) is 59.7 Å². The van der Waals surface area contributed by atoms with E-state index in [4.69, 9.17) is 9.47 Å². The van der Waals surface area contributed by atoms with E-state index in [2.05, 4.69) is 17.4 Å². The largest absolute Gasteiger partial charge is 0.480 e. The Morgan fingerprint density at radius 2 is 1.55 bits per heavy atom. The number of rotatable bonds is 8. The van der Waals surface area contributed by atoms with Crippen LogP contribution in [0.3, 0.4) is 0 Å². The first-order chi connectivity index (χ1) is 13.9. The number of carboxylic acids is 1. The second kappa shape index (κ2) is 9.09. The van der Waals surface area contributed by atoms with Crippen molar-refractivity contribution in [2.45, 2.75) is 38.8 Å². The SMILES string of the molecule is CC(C)CO[C@H](C)[C@H](NC(=O)OCC1c2ccccc2-c2ccccc21)C(=O)O. The number of hydrogen-bond donors (Lipinski definition) is 2. The minimum absolute atomic E-state index is 0.0777. The summed E-state index contributed by atoms with van der Waals surface area (Å²) in [6.45, 7) is 6.12. The monoisotopic (exact) mass is 397 g/mol. The average Bonchev–Trinajstić information content (AvgIpc) is 3.02. The molecule has 2 aromatic rings. The Bertz CT molecular complexity index is 834. The van der Waals surface area contributed by atoms with Gasteiger partial charge in [0.2, 0.25) is 0 Å². The summed E-state index contributed by atoms with van der Waals surface area (Å²) in [5.74, 6) is -0.970. The minimum Gasteiger partial charge on any atom is -0.480 e. The van der Waals surface area contributed by atoms with Crippen molar-refractivity contribution in [1.82, 2.24) is 5.32 Å². The number of alkyl carbamates (subject to hydrolysis) is 1. The van der Waals surface area contributed by atoms with E-state index in [0.717, 1.165) is 22.3 Å². The molecule has 0 radical (unpaired) electrons. The number of fused-ring (bicyclic) bond motifs is 3. The Labute approximate surface area is 170 Å². The Balaban J connectivity index is 1.65. The molecule has 0 heterocycles. The average molecular weight is 397 g/mol. The molecule has 2 N–H and O–H groups in total. The number of carbonyl (C=O) groups excluding carboxylic acids is 1. The van der Waals surface area contributed by atoms with Crippen LogP contribution in [0.4, 0.5) is 4.79 Å². The molecular weight excluding hydrogens is 370 g/mol. The molecular formula is C23H27NO5. The van der Waals surface area contributed by atoms with Crippen LogP contribution >= 0.6 is 0 Å². The highest BCUT2D eigenvalue weighted by Crippen LogP contribution is 2.44. The predicted octanol–water partition coefficient (Wildman–Crippen LogP) is 4.04. The van der Waals surface area contributed by atoms with Gasteiger partial charge in [-0.25, -0.2) is 9.59 Å². The van der Waals surface area contributed by atoms with Crippen LogP contribution in [0.1, 0.15) is 37.8 Å². The molecule has 0 fully saturated rings. The number of aliphatic carboxylic acids is 1. The summed E-state index contributed by atoms with van der Waals surface area (Å²) in [6.07, 6.45) is -1.44. The molecule has 3 rings (SSSR count). The molecule has 29 heavy (non-hydrogen) atoms. The van der Waals surface area contributed by atoms with E-state index in [1.807, 2.05) is 50.2 Å². The van der Waals surface area contributed by atoms with Crippen LogP contribution < -0.4 is 5.32 Å². The van der Waals surface area contributed by atoms with Gasteiger partial charge in [0.25, 0.3) is 0 Å². The van der Waals surface area contributed by atoms with Crippen LogP contribution in [0.15, 0.2) is 48.5 Å². The summed E-state index contributed by atoms with van der Waals surface area (Å²) < 4.78 is 11.0. The van der Waals surface area contributed by atoms with Crippen LogP contribution in [0.25, 0.3) is 11.1 Å². The van der Waals surface area contributed by atoms with Gasteiger partial charge in [-0.1, -0.05) is 62.4 Å². The van der Waals surface area contributed by atoms with Crippen molar-refractivity contribution in [3.63, 3.8) is 0 Å². The third-order valence-corrected chi connectivity index (χ3v) is 5.04. The van der Waals surface area contributed by atoms with Gasteiger partial charge in [-0.3, -0.25) is 0 Å². The molecule has 2 aromatic carbocycles. The van der Waals surface area contributed by atoms with Gasteiger partial charge in [0.15, 0.2) is 6.04 Å². The molecule has 6 nitrogen and oxygen atoms in total. The fraction of sp³-hybridized carbons (Fsp3) is 0.391. The highest BCUT2D eigenvalue weighted by atomic mass is 16.6. The molecule has 6 heteroatoms. The van der Waals surface area contributed by atoms with Gasteiger partial charge in [-0.2, -0.15) is 0 Å². The van der Waals surface area contributed by atoms with Crippen molar-refractivity contribution in [2.24, 2.45) is 5.92 Å². The van der Waals surface area contributed by atoms with Crippen LogP contribution in [-0.4, -0.2) is 42.5 Å². The van der Waals surface area contributed by atoms with Crippen molar-refractivity contribution in [1.29, 1.82) is 0 Å². The molecule has 0 unspecified atom stereocenters. The number of carbonyl (C=O) groups is 2. The third-order valence-electron chi connectivity index (χ3n) is 5.04. The topological polar surface area (TPSA) is 84.9 Å². The van der Waals surface area contributed by atoms with Crippen LogP contribution in [0, 0.1) is 5.92 Å². The second-order valence-electron chi connectivity index (χ2n) is 7.72. The number of amides is 1. The lowest BCUT2D eigenvalue weighted by atomic mass is 9.98. The fourth-order valence-corrected chi connectivity index (χ4v) is 3.59. The van der Waals surface area contributed by atoms with Gasteiger partial charge >= 0.3 is 12.1 Å². The molecule has 2 atom stereocenters. The summed E-state index contributed by atoms with van der Waals surface area (Å²) in [5.41, 5.74) is 4.47. The highest BCUT2D eigenvalue weighted by molar-refractivity contribution is 5.81. The van der Waals surface area contributed by atoms with Crippen molar-refractivity contribution in [2.75, 3.05) is 13.2 Å². The Kier molecular flexibility index (Phi) is 6.54. The van der Waals surface area contributed by atoms with Gasteiger partial charge < -0.3 is 19.9 Å². The summed E-state index contributed by atoms with van der Waals surface area (Å²) >= 11 is 0. The number of benzene rings is 2. The first-order valence-electron chi connectivity index (χ1n) is 9.84. The lowest BCUT2D eigenvalue weighted by molar-refractivity contribution is -0.143. The summed E-state index contributed by atoms with van der Waals surface area (Å²) in [7, 11) is 0. The van der Waals surface area contributed by atoms with E-state index in [1.165, 1.54) is 0 Å². The van der Waals surface area contributed by atoms with E-state index in [0.29, 0.717) is 6.61 Å². The van der Waals surface area contributed by atoms with Gasteiger partial charge in [0.05, 0.1) is 6.10 Å². The molecule has 1 amide bonds. The number of ether oxygens (including phenoxy) is 2. The van der Waals surface area contributed by atoms with Gasteiger partial charge in [-0.15, -0.1) is 0 Å². The zero-order chi connectivity index (χ0) is 21.0. The lowest BCUT2D eigenvalue weighted by Gasteiger charge is -2.23. The van der Waals surface area contributed by atoms with E-state index >= 15 is 0 Å². The maximum atomic E-state index is 12.3. The third kappa shape index (κ3) is 4.77. The van der Waals surface area contributed by atoms with Crippen molar-refractivity contribution >= 4 is 12.1 Å². The first kappa shape index (κ1) is 20.9. The summed E-state index contributed by atoms with van der Waals surface area (Å²) in [6, 6.07) is 14.9. The van der Waals surface area contributed by atoms with E-state index < -0.39 is 24.2 Å². The maximum Gasteiger partial charge on any atom is 0.407 e. The van der Waals surface area contributed by atoms with Crippen molar-refractivity contribution in [3.8, 4) is 11.1 Å². The summed E-state index contributed by atoms with van der Waals surface area (Å²) in [5, 5.41) is 11.9. The molecule has 0 saturated heterocycles. The molecule has 0 saturated carbocycles. The van der Waals surface area contributed by atoms with Gasteiger partial charge in [-0.05, 0) is 35.1 Å². The van der Waals surface area contributed by atoms with E-state index in [-0.39, 0.29) is 18.4 Å². The maximum absolute atomic E-state index is 12.3. The molecule has 0 bridgehead atoms. The van der Waals surface area contributed by atoms with Crippen molar-refractivity contribution < 1.29 is 24.2 Å². The number of carboxylic acid groups (broad SMARTS) is 1. The Hall–Kier alpha value is -2.86. The fourth-order valence-electron chi connectivity index (χ4n) is 3.59. The number of nitrogens with one attached hydrogen (secondary N) is 1. The van der Waals surface area contributed by atoms with Gasteiger partial charge in [0, 0.05) is 12.5 Å². The predicted molar refractivity (Wildman–Crippen MR) is 110 cm³/mol. The zero-order valence-electron chi connectivity index (χ0n) is 16.9. The quantitative estimate of drug-likeness (QED) is 0.702. The van der Waals surface area contributed by atoms with E-state index in [9.17, 15) is 14.7 Å².